The van der Waals surface area contributed by atoms with Gasteiger partial charge in [0.15, 0.2) is 0 Å². The lowest BCUT2D eigenvalue weighted by atomic mass is 10.0. The van der Waals surface area contributed by atoms with Gasteiger partial charge in [-0.05, 0) is 18.6 Å². The summed E-state index contributed by atoms with van der Waals surface area (Å²) in [6.45, 7) is 1.65. The van der Waals surface area contributed by atoms with Crippen molar-refractivity contribution in [1.82, 2.24) is 15.1 Å². The minimum atomic E-state index is -0.520. The quantitative estimate of drug-likeness (QED) is 0.827. The Hall–Kier alpha value is -2.28. The molecule has 0 aliphatic carbocycles. The molecular weight excluding hydrogens is 286 g/mol. The number of nitrogens with zero attached hydrogens (tertiary/aromatic N) is 2. The van der Waals surface area contributed by atoms with Gasteiger partial charge in [0.25, 0.3) is 5.91 Å². The highest BCUT2D eigenvalue weighted by Gasteiger charge is 2.43. The van der Waals surface area contributed by atoms with E-state index in [1.807, 2.05) is 0 Å². The molecule has 1 aromatic rings. The van der Waals surface area contributed by atoms with Crippen molar-refractivity contribution in [1.29, 1.82) is 0 Å². The van der Waals surface area contributed by atoms with E-state index >= 15 is 0 Å². The van der Waals surface area contributed by atoms with Gasteiger partial charge in [-0.25, -0.2) is 4.79 Å². The standard InChI is InChI=1S/C15H19N3O4/c1-17-10-9-18(6-4-7-21-2)14(19)12(10)13(16-15(17)20)11-5-3-8-22-11/h3,5,8,13H,4,6-7,9H2,1-2H3,(H,16,20). The van der Waals surface area contributed by atoms with Crippen LogP contribution in [0.15, 0.2) is 34.1 Å². The van der Waals surface area contributed by atoms with Gasteiger partial charge in [-0.15, -0.1) is 0 Å². The lowest BCUT2D eigenvalue weighted by Gasteiger charge is -2.29. The van der Waals surface area contributed by atoms with Crippen molar-refractivity contribution in [3.8, 4) is 0 Å². The van der Waals surface area contributed by atoms with Gasteiger partial charge in [-0.3, -0.25) is 9.69 Å². The summed E-state index contributed by atoms with van der Waals surface area (Å²) in [6, 6.07) is 2.76. The van der Waals surface area contributed by atoms with Gasteiger partial charge < -0.3 is 19.4 Å². The third-order valence-corrected chi connectivity index (χ3v) is 4.04. The van der Waals surface area contributed by atoms with Gasteiger partial charge >= 0.3 is 6.03 Å². The van der Waals surface area contributed by atoms with Crippen LogP contribution in [-0.4, -0.2) is 55.6 Å². The summed E-state index contributed by atoms with van der Waals surface area (Å²) in [5, 5.41) is 2.82. The Morgan fingerprint density at radius 1 is 1.45 bits per heavy atom. The number of methoxy groups -OCH3 is 1. The fourth-order valence-electron chi connectivity index (χ4n) is 2.87. The average molecular weight is 305 g/mol. The molecule has 1 aromatic heterocycles. The molecule has 2 aliphatic heterocycles. The summed E-state index contributed by atoms with van der Waals surface area (Å²) < 4.78 is 10.4. The third-order valence-electron chi connectivity index (χ3n) is 4.04. The van der Waals surface area contributed by atoms with Gasteiger partial charge in [-0.2, -0.15) is 0 Å². The van der Waals surface area contributed by atoms with Crippen LogP contribution < -0.4 is 5.32 Å². The van der Waals surface area contributed by atoms with Crippen LogP contribution in [-0.2, 0) is 9.53 Å². The minimum absolute atomic E-state index is 0.0562. The second-order valence-electron chi connectivity index (χ2n) is 5.39. The molecule has 118 valence electrons. The number of furan rings is 1. The van der Waals surface area contributed by atoms with E-state index in [9.17, 15) is 9.59 Å². The third kappa shape index (κ3) is 2.37. The van der Waals surface area contributed by atoms with Crippen molar-refractivity contribution in [2.24, 2.45) is 0 Å². The number of rotatable bonds is 5. The molecule has 1 atom stereocenters. The van der Waals surface area contributed by atoms with Crippen LogP contribution in [0.5, 0.6) is 0 Å². The first-order valence-corrected chi connectivity index (χ1v) is 7.22. The first kappa shape index (κ1) is 14.6. The summed E-state index contributed by atoms with van der Waals surface area (Å²) >= 11 is 0. The van der Waals surface area contributed by atoms with Crippen LogP contribution in [0.2, 0.25) is 0 Å². The van der Waals surface area contributed by atoms with Crippen LogP contribution in [0.3, 0.4) is 0 Å². The molecule has 7 heteroatoms. The second-order valence-corrected chi connectivity index (χ2v) is 5.39. The number of urea groups is 1. The van der Waals surface area contributed by atoms with Crippen LogP contribution in [0.25, 0.3) is 0 Å². The van der Waals surface area contributed by atoms with Gasteiger partial charge in [-0.1, -0.05) is 0 Å². The van der Waals surface area contributed by atoms with E-state index < -0.39 is 6.04 Å². The molecule has 0 fully saturated rings. The van der Waals surface area contributed by atoms with Gasteiger partial charge in [0.2, 0.25) is 0 Å². The maximum Gasteiger partial charge on any atom is 0.322 e. The summed E-state index contributed by atoms with van der Waals surface area (Å²) in [5.41, 5.74) is 1.34. The van der Waals surface area contributed by atoms with Crippen LogP contribution in [0.4, 0.5) is 4.79 Å². The smallest absolute Gasteiger partial charge is 0.322 e. The van der Waals surface area contributed by atoms with Crippen molar-refractivity contribution in [3.05, 3.63) is 35.4 Å². The lowest BCUT2D eigenvalue weighted by molar-refractivity contribution is -0.126. The Bertz CT molecular complexity index is 608. The Morgan fingerprint density at radius 2 is 2.27 bits per heavy atom. The molecule has 0 aromatic carbocycles. The van der Waals surface area contributed by atoms with Gasteiger partial charge in [0, 0.05) is 27.3 Å². The fraction of sp³-hybridized carbons (Fsp3) is 0.467. The Balaban J connectivity index is 1.87. The topological polar surface area (TPSA) is 75.0 Å². The average Bonchev–Trinajstić information content (AvgIpc) is 3.13. The van der Waals surface area contributed by atoms with Crippen molar-refractivity contribution in [2.45, 2.75) is 12.5 Å². The number of likely N-dealkylation sites (N-methyl/N-ethyl adjacent to an activating group) is 1. The number of amides is 3. The van der Waals surface area contributed by atoms with E-state index in [0.29, 0.717) is 31.0 Å². The first-order chi connectivity index (χ1) is 10.6. The number of hydrogen-bond donors (Lipinski definition) is 1. The molecule has 3 amide bonds. The van der Waals surface area contributed by atoms with Crippen molar-refractivity contribution >= 4 is 11.9 Å². The van der Waals surface area contributed by atoms with Gasteiger partial charge in [0.05, 0.1) is 24.1 Å². The van der Waals surface area contributed by atoms with Crippen LogP contribution in [0.1, 0.15) is 18.2 Å². The SMILES string of the molecule is COCCCN1CC2=C(C1=O)C(c1ccco1)NC(=O)N2C. The molecule has 0 saturated heterocycles. The van der Waals surface area contributed by atoms with Gasteiger partial charge in [0.1, 0.15) is 11.8 Å². The Kier molecular flexibility index (Phi) is 3.89. The predicted octanol–water partition coefficient (Wildman–Crippen LogP) is 1.11. The van der Waals surface area contributed by atoms with Crippen molar-refractivity contribution in [2.75, 3.05) is 33.9 Å². The number of hydrogen-bond acceptors (Lipinski definition) is 4. The molecule has 22 heavy (non-hydrogen) atoms. The zero-order valence-corrected chi connectivity index (χ0v) is 12.7. The molecule has 0 bridgehead atoms. The molecule has 1 unspecified atom stereocenters. The van der Waals surface area contributed by atoms with Crippen LogP contribution in [0, 0.1) is 0 Å². The molecular formula is C15H19N3O4. The monoisotopic (exact) mass is 305 g/mol. The van der Waals surface area contributed by atoms with Crippen molar-refractivity contribution in [3.63, 3.8) is 0 Å². The Labute approximate surface area is 128 Å². The van der Waals surface area contributed by atoms with Crippen molar-refractivity contribution < 1.29 is 18.7 Å². The number of ether oxygens (including phenoxy) is 1. The molecule has 0 saturated carbocycles. The maximum absolute atomic E-state index is 12.7. The van der Waals surface area contributed by atoms with E-state index in [1.54, 1.807) is 31.2 Å². The summed E-state index contributed by atoms with van der Waals surface area (Å²) in [5.74, 6) is 0.514. The fourth-order valence-corrected chi connectivity index (χ4v) is 2.87. The predicted molar refractivity (Wildman–Crippen MR) is 77.8 cm³/mol. The zero-order valence-electron chi connectivity index (χ0n) is 12.7. The highest BCUT2D eigenvalue weighted by molar-refractivity contribution is 6.01. The largest absolute Gasteiger partial charge is 0.467 e. The summed E-state index contributed by atoms with van der Waals surface area (Å²) in [6.07, 6.45) is 2.30. The molecule has 3 heterocycles. The number of carbonyl (C=O) groups is 2. The highest BCUT2D eigenvalue weighted by Crippen LogP contribution is 2.35. The lowest BCUT2D eigenvalue weighted by Crippen LogP contribution is -2.45. The summed E-state index contributed by atoms with van der Waals surface area (Å²) in [4.78, 5) is 28.1. The first-order valence-electron chi connectivity index (χ1n) is 7.22. The highest BCUT2D eigenvalue weighted by atomic mass is 16.5. The number of nitrogens with one attached hydrogen (secondary N) is 1. The normalized spacial score (nSPS) is 21.5. The minimum Gasteiger partial charge on any atom is -0.467 e. The molecule has 2 aliphatic rings. The van der Waals surface area contributed by atoms with E-state index in [1.165, 1.54) is 11.2 Å². The second kappa shape index (κ2) is 5.84. The summed E-state index contributed by atoms with van der Waals surface area (Å²) in [7, 11) is 3.31. The molecule has 3 rings (SSSR count). The molecule has 7 nitrogen and oxygen atoms in total. The Morgan fingerprint density at radius 3 is 2.95 bits per heavy atom. The number of carbonyl (C=O) groups excluding carboxylic acids is 2. The molecule has 1 N–H and O–H groups in total. The van der Waals surface area contributed by atoms with E-state index in [-0.39, 0.29) is 11.9 Å². The van der Waals surface area contributed by atoms with Crippen LogP contribution >= 0.6 is 0 Å². The van der Waals surface area contributed by atoms with E-state index in [2.05, 4.69) is 5.32 Å². The zero-order chi connectivity index (χ0) is 15.7. The van der Waals surface area contributed by atoms with E-state index in [0.717, 1.165) is 12.1 Å². The van der Waals surface area contributed by atoms with E-state index in [4.69, 9.17) is 9.15 Å². The molecule has 0 radical (unpaired) electrons. The maximum atomic E-state index is 12.7. The molecule has 0 spiro atoms.